The number of anilines is 1. The Morgan fingerprint density at radius 2 is 1.78 bits per heavy atom. The van der Waals surface area contributed by atoms with Gasteiger partial charge in [0.25, 0.3) is 5.91 Å². The lowest BCUT2D eigenvalue weighted by molar-refractivity contribution is 0.0527. The zero-order chi connectivity index (χ0) is 23.3. The number of Topliss-reactive ketones (excluding diaryl/α,β-unsaturated/α-hetero) is 1. The third kappa shape index (κ3) is 5.26. The zero-order valence-electron chi connectivity index (χ0n) is 18.4. The fraction of sp³-hybridized carbons (Fsp3) is 0.292. The zero-order valence-corrected chi connectivity index (χ0v) is 19.3. The number of carbonyl (C=O) groups excluding carboxylic acids is 3. The van der Waals surface area contributed by atoms with Crippen LogP contribution in [0, 0.1) is 6.92 Å². The van der Waals surface area contributed by atoms with Gasteiger partial charge in [0.1, 0.15) is 23.1 Å². The van der Waals surface area contributed by atoms with Crippen LogP contribution in [0.3, 0.4) is 0 Å². The summed E-state index contributed by atoms with van der Waals surface area (Å²) in [6, 6.07) is 11.0. The molecule has 0 bridgehead atoms. The first kappa shape index (κ1) is 23.3. The van der Waals surface area contributed by atoms with Crippen molar-refractivity contribution in [2.75, 3.05) is 11.9 Å². The van der Waals surface area contributed by atoms with E-state index >= 15 is 0 Å². The Morgan fingerprint density at radius 1 is 1.06 bits per heavy atom. The summed E-state index contributed by atoms with van der Waals surface area (Å²) >= 11 is 1.04. The highest BCUT2D eigenvalue weighted by Gasteiger charge is 2.26. The van der Waals surface area contributed by atoms with Gasteiger partial charge >= 0.3 is 5.97 Å². The standard InChI is InChI=1S/C24H25NO6S/c1-5-16-7-9-17(10-8-16)30-13-18-11-12-19(31-18)22(27)25-23-20(24(28)29-6-2)14(3)21(32-23)15(4)26/h7-12H,5-6,13H2,1-4H3,(H,25,27). The van der Waals surface area contributed by atoms with Crippen LogP contribution in [0.5, 0.6) is 5.75 Å². The topological polar surface area (TPSA) is 94.8 Å². The van der Waals surface area contributed by atoms with E-state index in [2.05, 4.69) is 12.2 Å². The number of thiophene rings is 1. The minimum absolute atomic E-state index is 0.0650. The largest absolute Gasteiger partial charge is 0.486 e. The maximum Gasteiger partial charge on any atom is 0.341 e. The molecule has 0 radical (unpaired) electrons. The lowest BCUT2D eigenvalue weighted by atomic mass is 10.1. The Kier molecular flexibility index (Phi) is 7.48. The molecule has 0 fully saturated rings. The van der Waals surface area contributed by atoms with E-state index in [9.17, 15) is 14.4 Å². The smallest absolute Gasteiger partial charge is 0.341 e. The normalized spacial score (nSPS) is 10.6. The van der Waals surface area contributed by atoms with Gasteiger partial charge in [-0.1, -0.05) is 19.1 Å². The highest BCUT2D eigenvalue weighted by molar-refractivity contribution is 7.18. The first-order chi connectivity index (χ1) is 15.3. The molecular weight excluding hydrogens is 430 g/mol. The SMILES string of the molecule is CCOC(=O)c1c(NC(=O)c2ccc(COc3ccc(CC)cc3)o2)sc(C(C)=O)c1C. The van der Waals surface area contributed by atoms with Crippen LogP contribution in [0.15, 0.2) is 40.8 Å². The minimum Gasteiger partial charge on any atom is -0.486 e. The molecule has 0 spiro atoms. The number of aryl methyl sites for hydroxylation is 1. The van der Waals surface area contributed by atoms with E-state index < -0.39 is 11.9 Å². The Bertz CT molecular complexity index is 1130. The van der Waals surface area contributed by atoms with E-state index in [0.29, 0.717) is 22.0 Å². The first-order valence-corrected chi connectivity index (χ1v) is 11.1. The number of esters is 1. The average Bonchev–Trinajstić information content (AvgIpc) is 3.37. The second kappa shape index (κ2) is 10.3. The van der Waals surface area contributed by atoms with Gasteiger partial charge in [-0.15, -0.1) is 11.3 Å². The van der Waals surface area contributed by atoms with Crippen LogP contribution in [0.1, 0.15) is 68.2 Å². The van der Waals surface area contributed by atoms with Crippen molar-refractivity contribution in [2.24, 2.45) is 0 Å². The molecule has 0 saturated heterocycles. The van der Waals surface area contributed by atoms with Gasteiger partial charge < -0.3 is 19.2 Å². The number of rotatable bonds is 9. The third-order valence-corrected chi connectivity index (χ3v) is 6.08. The van der Waals surface area contributed by atoms with Crippen LogP contribution in [0.2, 0.25) is 0 Å². The van der Waals surface area contributed by atoms with Crippen LogP contribution in [0.4, 0.5) is 5.00 Å². The predicted molar refractivity (Wildman–Crippen MR) is 122 cm³/mol. The molecule has 2 heterocycles. The molecule has 0 aliphatic heterocycles. The highest BCUT2D eigenvalue weighted by Crippen LogP contribution is 2.34. The quantitative estimate of drug-likeness (QED) is 0.342. The summed E-state index contributed by atoms with van der Waals surface area (Å²) in [6.07, 6.45) is 0.951. The summed E-state index contributed by atoms with van der Waals surface area (Å²) in [6.45, 7) is 7.19. The maximum absolute atomic E-state index is 12.7. The molecule has 2 aromatic heterocycles. The molecule has 3 rings (SSSR count). The highest BCUT2D eigenvalue weighted by atomic mass is 32.1. The van der Waals surface area contributed by atoms with E-state index in [1.165, 1.54) is 18.6 Å². The number of ketones is 1. The number of amides is 1. The van der Waals surface area contributed by atoms with Gasteiger partial charge in [0.15, 0.2) is 11.5 Å². The van der Waals surface area contributed by atoms with Crippen molar-refractivity contribution in [2.45, 2.75) is 40.7 Å². The number of nitrogens with one attached hydrogen (secondary N) is 1. The number of carbonyl (C=O) groups is 3. The van der Waals surface area contributed by atoms with Crippen molar-refractivity contribution < 1.29 is 28.3 Å². The van der Waals surface area contributed by atoms with Crippen LogP contribution in [0.25, 0.3) is 0 Å². The molecule has 1 aromatic carbocycles. The van der Waals surface area contributed by atoms with E-state index in [1.54, 1.807) is 19.9 Å². The second-order valence-corrected chi connectivity index (χ2v) is 8.06. The van der Waals surface area contributed by atoms with E-state index in [1.807, 2.05) is 24.3 Å². The molecule has 3 aromatic rings. The van der Waals surface area contributed by atoms with Crippen LogP contribution in [-0.4, -0.2) is 24.3 Å². The van der Waals surface area contributed by atoms with Gasteiger partial charge in [-0.3, -0.25) is 9.59 Å². The van der Waals surface area contributed by atoms with Gasteiger partial charge in [-0.2, -0.15) is 0 Å². The number of hydrogen-bond acceptors (Lipinski definition) is 7. The summed E-state index contributed by atoms with van der Waals surface area (Å²) in [5.41, 5.74) is 1.88. The number of furan rings is 1. The van der Waals surface area contributed by atoms with Gasteiger partial charge in [-0.05, 0) is 62.6 Å². The Balaban J connectivity index is 1.72. The Morgan fingerprint density at radius 3 is 2.41 bits per heavy atom. The fourth-order valence-corrected chi connectivity index (χ4v) is 4.19. The molecule has 0 atom stereocenters. The molecule has 32 heavy (non-hydrogen) atoms. The van der Waals surface area contributed by atoms with Gasteiger partial charge in [0.2, 0.25) is 0 Å². The number of ether oxygens (including phenoxy) is 2. The molecule has 0 unspecified atom stereocenters. The van der Waals surface area contributed by atoms with Gasteiger partial charge in [-0.25, -0.2) is 4.79 Å². The molecule has 0 aliphatic rings. The lowest BCUT2D eigenvalue weighted by Gasteiger charge is -2.06. The van der Waals surface area contributed by atoms with Crippen molar-refractivity contribution in [1.82, 2.24) is 0 Å². The van der Waals surface area contributed by atoms with Crippen LogP contribution in [-0.2, 0) is 17.8 Å². The number of benzene rings is 1. The molecule has 1 amide bonds. The van der Waals surface area contributed by atoms with Gasteiger partial charge in [0, 0.05) is 0 Å². The van der Waals surface area contributed by atoms with E-state index in [4.69, 9.17) is 13.9 Å². The van der Waals surface area contributed by atoms with Crippen molar-refractivity contribution in [3.63, 3.8) is 0 Å². The Labute approximate surface area is 190 Å². The summed E-state index contributed by atoms with van der Waals surface area (Å²) in [5.74, 6) is -0.0723. The first-order valence-electron chi connectivity index (χ1n) is 10.3. The molecular formula is C24H25NO6S. The van der Waals surface area contributed by atoms with Crippen molar-refractivity contribution >= 4 is 34.0 Å². The van der Waals surface area contributed by atoms with Gasteiger partial charge in [0.05, 0.1) is 17.0 Å². The summed E-state index contributed by atoms with van der Waals surface area (Å²) in [7, 11) is 0. The molecule has 168 valence electrons. The molecule has 7 nitrogen and oxygen atoms in total. The fourth-order valence-electron chi connectivity index (χ4n) is 3.10. The van der Waals surface area contributed by atoms with E-state index in [-0.39, 0.29) is 35.3 Å². The van der Waals surface area contributed by atoms with E-state index in [0.717, 1.165) is 17.8 Å². The minimum atomic E-state index is -0.591. The maximum atomic E-state index is 12.7. The van der Waals surface area contributed by atoms with Crippen molar-refractivity contribution in [3.05, 3.63) is 69.5 Å². The monoisotopic (exact) mass is 455 g/mol. The van der Waals surface area contributed by atoms with Crippen molar-refractivity contribution in [3.8, 4) is 5.75 Å². The Hall–Kier alpha value is -3.39. The third-order valence-electron chi connectivity index (χ3n) is 4.77. The molecule has 1 N–H and O–H groups in total. The lowest BCUT2D eigenvalue weighted by Crippen LogP contribution is -2.14. The number of hydrogen-bond donors (Lipinski definition) is 1. The molecule has 0 aliphatic carbocycles. The second-order valence-electron chi connectivity index (χ2n) is 7.04. The predicted octanol–water partition coefficient (Wildman–Crippen LogP) is 5.42. The summed E-state index contributed by atoms with van der Waals surface area (Å²) < 4.78 is 16.4. The van der Waals surface area contributed by atoms with Crippen LogP contribution >= 0.6 is 11.3 Å². The van der Waals surface area contributed by atoms with Crippen molar-refractivity contribution in [1.29, 1.82) is 0 Å². The molecule has 0 saturated carbocycles. The summed E-state index contributed by atoms with van der Waals surface area (Å²) in [5, 5.41) is 2.93. The molecule has 8 heteroatoms. The summed E-state index contributed by atoms with van der Waals surface area (Å²) in [4.78, 5) is 37.4. The average molecular weight is 456 g/mol. The van der Waals surface area contributed by atoms with Crippen LogP contribution < -0.4 is 10.1 Å².